The van der Waals surface area contributed by atoms with Crippen molar-refractivity contribution in [2.24, 2.45) is 0 Å². The van der Waals surface area contributed by atoms with Crippen molar-refractivity contribution in [1.29, 1.82) is 0 Å². The van der Waals surface area contributed by atoms with Crippen LogP contribution in [0.2, 0.25) is 0 Å². The number of fused-ring (bicyclic) bond motifs is 1. The van der Waals surface area contributed by atoms with Gasteiger partial charge in [0.25, 0.3) is 6.47 Å². The number of nitrogens with zero attached hydrogens (tertiary/aromatic N) is 3. The third kappa shape index (κ3) is 12.3. The molecule has 1 aromatic heterocycles. The van der Waals surface area contributed by atoms with Gasteiger partial charge < -0.3 is 19.4 Å². The quantitative estimate of drug-likeness (QED) is 0.269. The highest BCUT2D eigenvalue weighted by Gasteiger charge is 2.17. The summed E-state index contributed by atoms with van der Waals surface area (Å²) in [4.78, 5) is 33.7. The maximum atomic E-state index is 12.3. The SMILES string of the molecule is CC(C)(C)OC=O.CCCn1c(CN(C)N(C)C)cc2cc(NC(=O)CCC(=O)OC(C)(C)C)ccc21. The van der Waals surface area contributed by atoms with Crippen LogP contribution >= 0.6 is 0 Å². The van der Waals surface area contributed by atoms with Crippen LogP contribution in [0.1, 0.15) is 73.4 Å². The summed E-state index contributed by atoms with van der Waals surface area (Å²) in [6.07, 6.45) is 1.22. The van der Waals surface area contributed by atoms with Gasteiger partial charge in [-0.1, -0.05) is 6.92 Å². The Hall–Kier alpha value is -2.91. The van der Waals surface area contributed by atoms with E-state index in [0.717, 1.165) is 36.1 Å². The molecule has 0 aliphatic carbocycles. The average Bonchev–Trinajstić information content (AvgIpc) is 3.07. The van der Waals surface area contributed by atoms with Crippen molar-refractivity contribution in [2.75, 3.05) is 26.5 Å². The molecule has 0 aliphatic heterocycles. The number of aromatic nitrogens is 1. The molecule has 0 saturated carbocycles. The fourth-order valence-corrected chi connectivity index (χ4v) is 3.38. The summed E-state index contributed by atoms with van der Waals surface area (Å²) in [6, 6.07) is 8.14. The summed E-state index contributed by atoms with van der Waals surface area (Å²) in [7, 11) is 6.11. The van der Waals surface area contributed by atoms with Gasteiger partial charge in [-0.25, -0.2) is 10.0 Å². The van der Waals surface area contributed by atoms with E-state index in [-0.39, 0.29) is 30.3 Å². The lowest BCUT2D eigenvalue weighted by molar-refractivity contribution is -0.155. The molecular weight excluding hydrogens is 472 g/mol. The molecule has 1 N–H and O–H groups in total. The third-order valence-corrected chi connectivity index (χ3v) is 5.17. The molecule has 37 heavy (non-hydrogen) atoms. The first-order valence-corrected chi connectivity index (χ1v) is 12.7. The van der Waals surface area contributed by atoms with Crippen LogP contribution in [0.4, 0.5) is 5.69 Å². The number of ether oxygens (including phenoxy) is 2. The van der Waals surface area contributed by atoms with Crippen molar-refractivity contribution >= 4 is 34.9 Å². The number of rotatable bonds is 10. The number of esters is 1. The number of hydrogen-bond donors (Lipinski definition) is 1. The minimum absolute atomic E-state index is 0.0687. The summed E-state index contributed by atoms with van der Waals surface area (Å²) < 4.78 is 12.1. The zero-order valence-corrected chi connectivity index (χ0v) is 24.3. The van der Waals surface area contributed by atoms with Gasteiger partial charge in [0.2, 0.25) is 5.91 Å². The van der Waals surface area contributed by atoms with Crippen molar-refractivity contribution in [2.45, 2.75) is 92.0 Å². The Morgan fingerprint density at radius 2 is 1.65 bits per heavy atom. The average molecular weight is 519 g/mol. The molecule has 2 aromatic rings. The van der Waals surface area contributed by atoms with Gasteiger partial charge in [-0.2, -0.15) is 0 Å². The highest BCUT2D eigenvalue weighted by Crippen LogP contribution is 2.25. The van der Waals surface area contributed by atoms with E-state index < -0.39 is 5.60 Å². The maximum absolute atomic E-state index is 12.3. The largest absolute Gasteiger partial charge is 0.462 e. The Labute approximate surface area is 222 Å². The minimum atomic E-state index is -0.539. The maximum Gasteiger partial charge on any atom is 0.306 e. The number of hydrogen-bond acceptors (Lipinski definition) is 7. The Morgan fingerprint density at radius 3 is 2.14 bits per heavy atom. The molecule has 1 heterocycles. The highest BCUT2D eigenvalue weighted by molar-refractivity contribution is 5.95. The molecule has 9 heteroatoms. The molecule has 0 radical (unpaired) electrons. The van der Waals surface area contributed by atoms with E-state index in [1.54, 1.807) is 0 Å². The molecule has 9 nitrogen and oxygen atoms in total. The molecule has 0 bridgehead atoms. The molecule has 2 rings (SSSR count). The number of amides is 1. The molecule has 208 valence electrons. The van der Waals surface area contributed by atoms with Crippen molar-refractivity contribution in [3.8, 4) is 0 Å². The van der Waals surface area contributed by atoms with Crippen LogP contribution in [0.25, 0.3) is 10.9 Å². The van der Waals surface area contributed by atoms with E-state index in [2.05, 4.69) is 44.7 Å². The van der Waals surface area contributed by atoms with Gasteiger partial charge in [-0.3, -0.25) is 14.4 Å². The van der Waals surface area contributed by atoms with Crippen molar-refractivity contribution in [3.63, 3.8) is 0 Å². The van der Waals surface area contributed by atoms with Crippen molar-refractivity contribution in [3.05, 3.63) is 30.0 Å². The Bertz CT molecular complexity index is 1030. The fourth-order valence-electron chi connectivity index (χ4n) is 3.38. The summed E-state index contributed by atoms with van der Waals surface area (Å²) >= 11 is 0. The first kappa shape index (κ1) is 32.1. The van der Waals surface area contributed by atoms with Crippen LogP contribution in [0.15, 0.2) is 24.3 Å². The van der Waals surface area contributed by atoms with E-state index >= 15 is 0 Å². The molecule has 0 saturated heterocycles. The normalized spacial score (nSPS) is 11.8. The second kappa shape index (κ2) is 14.1. The van der Waals surface area contributed by atoms with Gasteiger partial charge in [0.1, 0.15) is 11.2 Å². The molecule has 0 atom stereocenters. The zero-order valence-electron chi connectivity index (χ0n) is 24.3. The van der Waals surface area contributed by atoms with Gasteiger partial charge in [0, 0.05) is 56.4 Å². The molecule has 0 aliphatic rings. The summed E-state index contributed by atoms with van der Waals surface area (Å²) in [5.74, 6) is -0.555. The zero-order chi connectivity index (χ0) is 28.4. The Balaban J connectivity index is 0.000000856. The lowest BCUT2D eigenvalue weighted by atomic mass is 10.2. The number of carbonyl (C=O) groups excluding carboxylic acids is 3. The van der Waals surface area contributed by atoms with Crippen LogP contribution in [0, 0.1) is 0 Å². The second-order valence-corrected chi connectivity index (χ2v) is 11.2. The van der Waals surface area contributed by atoms with E-state index in [0.29, 0.717) is 6.47 Å². The van der Waals surface area contributed by atoms with E-state index in [4.69, 9.17) is 4.74 Å². The monoisotopic (exact) mass is 518 g/mol. The molecular formula is C28H46N4O5. The number of aryl methyl sites for hydroxylation is 1. The van der Waals surface area contributed by atoms with Crippen LogP contribution < -0.4 is 5.32 Å². The number of anilines is 1. The van der Waals surface area contributed by atoms with Gasteiger partial charge in [-0.05, 0) is 72.2 Å². The smallest absolute Gasteiger partial charge is 0.306 e. The topological polar surface area (TPSA) is 93.1 Å². The number of benzene rings is 1. The summed E-state index contributed by atoms with van der Waals surface area (Å²) in [6.45, 7) is 15.3. The predicted molar refractivity (Wildman–Crippen MR) is 148 cm³/mol. The molecule has 0 unspecified atom stereocenters. The highest BCUT2D eigenvalue weighted by atomic mass is 16.6. The van der Waals surface area contributed by atoms with Crippen LogP contribution in [-0.4, -0.2) is 65.3 Å². The molecule has 0 spiro atoms. The minimum Gasteiger partial charge on any atom is -0.462 e. The Kier molecular flexibility index (Phi) is 12.3. The van der Waals surface area contributed by atoms with Gasteiger partial charge in [0.05, 0.1) is 13.0 Å². The second-order valence-electron chi connectivity index (χ2n) is 11.2. The van der Waals surface area contributed by atoms with Crippen LogP contribution in [-0.2, 0) is 36.9 Å². The fraction of sp³-hybridized carbons (Fsp3) is 0.607. The first-order valence-electron chi connectivity index (χ1n) is 12.7. The van der Waals surface area contributed by atoms with Crippen LogP contribution in [0.5, 0.6) is 0 Å². The number of nitrogens with one attached hydrogen (secondary N) is 1. The van der Waals surface area contributed by atoms with Gasteiger partial charge in [-0.15, -0.1) is 0 Å². The van der Waals surface area contributed by atoms with Crippen molar-refractivity contribution < 1.29 is 23.9 Å². The molecule has 1 amide bonds. The summed E-state index contributed by atoms with van der Waals surface area (Å²) in [5, 5.41) is 8.20. The van der Waals surface area contributed by atoms with E-state index in [1.807, 2.05) is 73.8 Å². The van der Waals surface area contributed by atoms with Crippen molar-refractivity contribution in [1.82, 2.24) is 14.6 Å². The van der Waals surface area contributed by atoms with Crippen LogP contribution in [0.3, 0.4) is 0 Å². The van der Waals surface area contributed by atoms with E-state index in [1.165, 1.54) is 5.69 Å². The molecule has 0 fully saturated rings. The first-order chi connectivity index (χ1) is 17.1. The molecule has 1 aromatic carbocycles. The number of hydrazine groups is 1. The van der Waals surface area contributed by atoms with Gasteiger partial charge in [0.15, 0.2) is 0 Å². The van der Waals surface area contributed by atoms with E-state index in [9.17, 15) is 14.4 Å². The standard InChI is InChI=1S/C23H36N4O3.C5H10O2/c1-8-13-27-19(16-26(7)25(5)6)15-17-14-18(9-10-20(17)27)24-21(28)11-12-22(29)30-23(2,3)4;1-5(2,3)7-4-6/h9-10,14-15H,8,11-13,16H2,1-7H3,(H,24,28);4H,1-3H3. The lowest BCUT2D eigenvalue weighted by Gasteiger charge is -2.24. The predicted octanol–water partition coefficient (Wildman–Crippen LogP) is 4.98. The lowest BCUT2D eigenvalue weighted by Crippen LogP contribution is -2.33. The Morgan fingerprint density at radius 1 is 1.00 bits per heavy atom. The summed E-state index contributed by atoms with van der Waals surface area (Å²) in [5.41, 5.74) is 2.27. The number of carbonyl (C=O) groups is 3. The third-order valence-electron chi connectivity index (χ3n) is 5.17. The van der Waals surface area contributed by atoms with Gasteiger partial charge >= 0.3 is 5.97 Å².